The summed E-state index contributed by atoms with van der Waals surface area (Å²) in [5.41, 5.74) is 6.96. The lowest BCUT2D eigenvalue weighted by Crippen LogP contribution is -2.55. The maximum Gasteiger partial charge on any atom is 0.261 e. The van der Waals surface area contributed by atoms with Crippen molar-refractivity contribution in [2.75, 3.05) is 34.5 Å². The number of methoxy groups -OCH3 is 2. The molecule has 8 nitrogen and oxygen atoms in total. The minimum atomic E-state index is -1.13. The first-order valence-electron chi connectivity index (χ1n) is 10.7. The van der Waals surface area contributed by atoms with Gasteiger partial charge in [-0.05, 0) is 48.2 Å². The van der Waals surface area contributed by atoms with Crippen molar-refractivity contribution in [2.24, 2.45) is 10.7 Å². The Morgan fingerprint density at radius 2 is 1.84 bits per heavy atom. The van der Waals surface area contributed by atoms with Crippen LogP contribution in [0.4, 0.5) is 0 Å². The van der Waals surface area contributed by atoms with Gasteiger partial charge in [-0.3, -0.25) is 9.69 Å². The normalized spacial score (nSPS) is 26.7. The predicted octanol–water partition coefficient (Wildman–Crippen LogP) is 2.68. The molecule has 0 bridgehead atoms. The summed E-state index contributed by atoms with van der Waals surface area (Å²) in [5, 5.41) is 0. The van der Waals surface area contributed by atoms with Gasteiger partial charge in [0.2, 0.25) is 0 Å². The van der Waals surface area contributed by atoms with E-state index in [1.807, 2.05) is 36.4 Å². The molecule has 5 rings (SSSR count). The summed E-state index contributed by atoms with van der Waals surface area (Å²) in [6, 6.07) is 11.6. The van der Waals surface area contributed by atoms with Gasteiger partial charge in [0.15, 0.2) is 23.0 Å². The third kappa shape index (κ3) is 3.01. The summed E-state index contributed by atoms with van der Waals surface area (Å²) >= 11 is 0. The minimum absolute atomic E-state index is 0.144. The third-order valence-electron chi connectivity index (χ3n) is 6.64. The molecule has 8 heteroatoms. The van der Waals surface area contributed by atoms with E-state index in [9.17, 15) is 4.79 Å². The van der Waals surface area contributed by atoms with Crippen molar-refractivity contribution < 1.29 is 23.7 Å². The van der Waals surface area contributed by atoms with Crippen molar-refractivity contribution in [3.8, 4) is 28.4 Å². The molecule has 1 saturated heterocycles. The van der Waals surface area contributed by atoms with Crippen LogP contribution in [0, 0.1) is 0 Å². The van der Waals surface area contributed by atoms with Crippen LogP contribution in [0.25, 0.3) is 11.1 Å². The van der Waals surface area contributed by atoms with E-state index in [1.54, 1.807) is 21.3 Å². The molecule has 2 spiro atoms. The van der Waals surface area contributed by atoms with E-state index < -0.39 is 11.1 Å². The maximum atomic E-state index is 13.5. The van der Waals surface area contributed by atoms with E-state index in [0.717, 1.165) is 29.5 Å². The Balaban J connectivity index is 1.65. The topological polar surface area (TPSA) is 95.6 Å². The smallest absolute Gasteiger partial charge is 0.261 e. The SMILES string of the molecule is COc1ccc(-c2ccc3c(c2)C2(CC4(CCCOC4)O3)N=C(N)N(C)C2=O)cc1OC. The van der Waals surface area contributed by atoms with E-state index >= 15 is 0 Å². The summed E-state index contributed by atoms with van der Waals surface area (Å²) in [4.78, 5) is 19.7. The van der Waals surface area contributed by atoms with Crippen LogP contribution in [0.15, 0.2) is 41.4 Å². The molecule has 2 unspecified atom stereocenters. The fourth-order valence-corrected chi connectivity index (χ4v) is 5.01. The van der Waals surface area contributed by atoms with Gasteiger partial charge in [-0.1, -0.05) is 12.1 Å². The van der Waals surface area contributed by atoms with Gasteiger partial charge in [0, 0.05) is 25.6 Å². The minimum Gasteiger partial charge on any atom is -0.493 e. The van der Waals surface area contributed by atoms with Gasteiger partial charge in [-0.25, -0.2) is 4.99 Å². The molecule has 2 aromatic rings. The first-order chi connectivity index (χ1) is 15.4. The highest BCUT2D eigenvalue weighted by molar-refractivity contribution is 6.07. The zero-order chi connectivity index (χ0) is 22.5. The zero-order valence-electron chi connectivity index (χ0n) is 18.5. The number of carbonyl (C=O) groups excluding carboxylic acids is 1. The molecule has 32 heavy (non-hydrogen) atoms. The molecule has 1 fully saturated rings. The van der Waals surface area contributed by atoms with Crippen molar-refractivity contribution in [3.05, 3.63) is 42.0 Å². The lowest BCUT2D eigenvalue weighted by molar-refractivity contribution is -0.139. The number of ether oxygens (including phenoxy) is 4. The Morgan fingerprint density at radius 1 is 1.09 bits per heavy atom. The highest BCUT2D eigenvalue weighted by atomic mass is 16.5. The molecule has 2 aromatic carbocycles. The molecule has 0 saturated carbocycles. The van der Waals surface area contributed by atoms with Gasteiger partial charge in [-0.15, -0.1) is 0 Å². The van der Waals surface area contributed by atoms with Crippen LogP contribution in [0.1, 0.15) is 24.8 Å². The maximum absolute atomic E-state index is 13.5. The van der Waals surface area contributed by atoms with E-state index in [2.05, 4.69) is 0 Å². The average Bonchev–Trinajstić information content (AvgIpc) is 3.02. The third-order valence-corrected chi connectivity index (χ3v) is 6.64. The van der Waals surface area contributed by atoms with Crippen LogP contribution >= 0.6 is 0 Å². The summed E-state index contributed by atoms with van der Waals surface area (Å²) < 4.78 is 23.1. The first kappa shape index (κ1) is 20.6. The molecule has 0 aromatic heterocycles. The highest BCUT2D eigenvalue weighted by Crippen LogP contribution is 2.52. The van der Waals surface area contributed by atoms with Crippen LogP contribution in [0.5, 0.6) is 17.2 Å². The molecule has 0 radical (unpaired) electrons. The van der Waals surface area contributed by atoms with Gasteiger partial charge in [-0.2, -0.15) is 0 Å². The number of likely N-dealkylation sites (N-methyl/N-ethyl adjacent to an activating group) is 1. The Morgan fingerprint density at radius 3 is 2.50 bits per heavy atom. The second-order valence-electron chi connectivity index (χ2n) is 8.59. The largest absolute Gasteiger partial charge is 0.493 e. The number of aliphatic imine (C=N–C) groups is 1. The number of benzene rings is 2. The quantitative estimate of drug-likeness (QED) is 0.793. The standard InChI is InChI=1S/C24H27N3O5/c1-27-21(28)24(26-22(27)25)13-23(9-4-10-31-14-23)32-18-7-5-15(11-17(18)24)16-6-8-19(29-2)20(12-16)30-3/h5-8,11-12H,4,9-10,13-14H2,1-3H3,(H2,25,26). The summed E-state index contributed by atoms with van der Waals surface area (Å²) in [7, 11) is 4.87. The lowest BCUT2D eigenvalue weighted by atomic mass is 9.74. The molecule has 3 aliphatic rings. The molecule has 1 amide bonds. The molecular formula is C24H27N3O5. The number of hydrogen-bond donors (Lipinski definition) is 1. The fraction of sp³-hybridized carbons (Fsp3) is 0.417. The number of rotatable bonds is 3. The van der Waals surface area contributed by atoms with Crippen molar-refractivity contribution in [1.29, 1.82) is 0 Å². The van der Waals surface area contributed by atoms with Crippen LogP contribution in [-0.4, -0.2) is 56.8 Å². The van der Waals surface area contributed by atoms with E-state index in [4.69, 9.17) is 29.7 Å². The van der Waals surface area contributed by atoms with Gasteiger partial charge in [0.25, 0.3) is 5.91 Å². The molecule has 0 aliphatic carbocycles. The number of fused-ring (bicyclic) bond motifs is 2. The lowest BCUT2D eigenvalue weighted by Gasteiger charge is -2.46. The monoisotopic (exact) mass is 437 g/mol. The van der Waals surface area contributed by atoms with Crippen LogP contribution in [0.3, 0.4) is 0 Å². The number of guanidine groups is 1. The number of hydrogen-bond acceptors (Lipinski definition) is 7. The van der Waals surface area contributed by atoms with E-state index in [-0.39, 0.29) is 11.9 Å². The molecule has 2 N–H and O–H groups in total. The van der Waals surface area contributed by atoms with E-state index in [0.29, 0.717) is 36.9 Å². The fourth-order valence-electron chi connectivity index (χ4n) is 5.01. The highest BCUT2D eigenvalue weighted by Gasteiger charge is 2.58. The van der Waals surface area contributed by atoms with Gasteiger partial charge >= 0.3 is 0 Å². The predicted molar refractivity (Wildman–Crippen MR) is 119 cm³/mol. The van der Waals surface area contributed by atoms with Gasteiger partial charge in [0.1, 0.15) is 11.4 Å². The van der Waals surface area contributed by atoms with Crippen LogP contribution in [0.2, 0.25) is 0 Å². The molecular weight excluding hydrogens is 410 g/mol. The van der Waals surface area contributed by atoms with Gasteiger partial charge in [0.05, 0.1) is 20.8 Å². The summed E-state index contributed by atoms with van der Waals surface area (Å²) in [6.45, 7) is 1.13. The van der Waals surface area contributed by atoms with Crippen LogP contribution in [-0.2, 0) is 15.1 Å². The number of nitrogens with two attached hydrogens (primary N) is 1. The van der Waals surface area contributed by atoms with Crippen molar-refractivity contribution in [3.63, 3.8) is 0 Å². The second-order valence-corrected chi connectivity index (χ2v) is 8.59. The molecule has 3 heterocycles. The Kier molecular flexibility index (Phi) is 4.78. The zero-order valence-corrected chi connectivity index (χ0v) is 18.5. The molecule has 3 aliphatic heterocycles. The van der Waals surface area contributed by atoms with Gasteiger partial charge < -0.3 is 24.7 Å². The number of carbonyl (C=O) groups is 1. The van der Waals surface area contributed by atoms with Crippen molar-refractivity contribution in [2.45, 2.75) is 30.4 Å². The molecule has 168 valence electrons. The summed E-state index contributed by atoms with van der Waals surface area (Å²) in [5.74, 6) is 2.00. The van der Waals surface area contributed by atoms with Crippen LogP contribution < -0.4 is 19.9 Å². The van der Waals surface area contributed by atoms with Crippen molar-refractivity contribution >= 4 is 11.9 Å². The second kappa shape index (κ2) is 7.41. The Bertz CT molecular complexity index is 1110. The average molecular weight is 437 g/mol. The Labute approximate surface area is 186 Å². The summed E-state index contributed by atoms with van der Waals surface area (Å²) in [6.07, 6.45) is 2.07. The molecule has 2 atom stereocenters. The Hall–Kier alpha value is -3.26. The number of nitrogens with zero attached hydrogens (tertiary/aromatic N) is 2. The van der Waals surface area contributed by atoms with E-state index in [1.165, 1.54) is 4.90 Å². The van der Waals surface area contributed by atoms with Crippen molar-refractivity contribution in [1.82, 2.24) is 4.90 Å². The first-order valence-corrected chi connectivity index (χ1v) is 10.7. The number of amides is 1.